The monoisotopic (exact) mass is 402 g/mol. The number of carbonyl (C=O) groups is 1. The molecule has 2 aromatic carbocycles. The second-order valence-corrected chi connectivity index (χ2v) is 7.89. The maximum atomic E-state index is 12.4. The van der Waals surface area contributed by atoms with Gasteiger partial charge in [-0.1, -0.05) is 17.2 Å². The molecule has 1 amide bonds. The number of hydrogen-bond acceptors (Lipinski definition) is 8. The minimum absolute atomic E-state index is 0.0107. The van der Waals surface area contributed by atoms with Crippen LogP contribution in [-0.2, 0) is 9.84 Å². The summed E-state index contributed by atoms with van der Waals surface area (Å²) in [6, 6.07) is 9.82. The highest BCUT2D eigenvalue weighted by atomic mass is 32.2. The minimum Gasteiger partial charge on any atom is -0.403 e. The lowest BCUT2D eigenvalue weighted by atomic mass is 10.1. The number of anilines is 1. The number of nitrogens with zero attached hydrogens (tertiary/aromatic N) is 3. The van der Waals surface area contributed by atoms with Crippen molar-refractivity contribution in [3.8, 4) is 11.5 Å². The molecule has 0 radical (unpaired) electrons. The molecular weight excluding hydrogens is 388 g/mol. The number of carbonyl (C=O) groups excluding carboxylic acids is 1. The minimum atomic E-state index is -3.41. The number of nitro benzene ring substituents is 1. The van der Waals surface area contributed by atoms with Crippen LogP contribution in [0.25, 0.3) is 11.5 Å². The quantitative estimate of drug-likeness (QED) is 0.506. The molecular formula is C17H14N4O6S. The zero-order valence-electron chi connectivity index (χ0n) is 14.7. The summed E-state index contributed by atoms with van der Waals surface area (Å²) in [7, 11) is -3.41. The van der Waals surface area contributed by atoms with E-state index in [9.17, 15) is 23.3 Å². The normalized spacial score (nSPS) is 11.2. The largest absolute Gasteiger partial charge is 0.403 e. The molecule has 0 fully saturated rings. The molecule has 10 nitrogen and oxygen atoms in total. The Labute approximate surface area is 159 Å². The van der Waals surface area contributed by atoms with Crippen LogP contribution >= 0.6 is 0 Å². The van der Waals surface area contributed by atoms with Crippen LogP contribution in [0.2, 0.25) is 0 Å². The van der Waals surface area contributed by atoms with E-state index in [4.69, 9.17) is 4.42 Å². The third-order valence-electron chi connectivity index (χ3n) is 3.90. The van der Waals surface area contributed by atoms with Gasteiger partial charge in [-0.25, -0.2) is 8.42 Å². The Hall–Kier alpha value is -3.60. The van der Waals surface area contributed by atoms with Crippen molar-refractivity contribution in [1.82, 2.24) is 10.2 Å². The molecule has 0 spiro atoms. The Morgan fingerprint density at radius 1 is 1.18 bits per heavy atom. The van der Waals surface area contributed by atoms with Gasteiger partial charge in [0.25, 0.3) is 11.6 Å². The van der Waals surface area contributed by atoms with Gasteiger partial charge in [0.1, 0.15) is 0 Å². The van der Waals surface area contributed by atoms with Gasteiger partial charge < -0.3 is 4.42 Å². The van der Waals surface area contributed by atoms with Crippen LogP contribution in [0, 0.1) is 17.0 Å². The molecule has 0 saturated heterocycles. The summed E-state index contributed by atoms with van der Waals surface area (Å²) in [6.07, 6.45) is 1.08. The first kappa shape index (κ1) is 19.2. The Morgan fingerprint density at radius 2 is 1.89 bits per heavy atom. The summed E-state index contributed by atoms with van der Waals surface area (Å²) in [4.78, 5) is 22.9. The number of aromatic nitrogens is 2. The molecule has 0 bridgehead atoms. The van der Waals surface area contributed by atoms with Crippen LogP contribution in [-0.4, -0.2) is 35.7 Å². The van der Waals surface area contributed by atoms with Crippen molar-refractivity contribution in [2.45, 2.75) is 11.8 Å². The molecule has 0 aliphatic rings. The molecule has 3 aromatic rings. The van der Waals surface area contributed by atoms with E-state index in [2.05, 4.69) is 15.5 Å². The van der Waals surface area contributed by atoms with Crippen LogP contribution in [0.15, 0.2) is 51.8 Å². The highest BCUT2D eigenvalue weighted by molar-refractivity contribution is 7.90. The maximum Gasteiger partial charge on any atom is 0.322 e. The molecule has 1 heterocycles. The van der Waals surface area contributed by atoms with E-state index in [0.29, 0.717) is 5.56 Å². The van der Waals surface area contributed by atoms with E-state index >= 15 is 0 Å². The lowest BCUT2D eigenvalue weighted by Crippen LogP contribution is -2.14. The molecule has 0 aliphatic heterocycles. The number of hydrogen-bond donors (Lipinski definition) is 1. The Balaban J connectivity index is 1.85. The summed E-state index contributed by atoms with van der Waals surface area (Å²) in [5.74, 6) is -0.641. The van der Waals surface area contributed by atoms with Crippen LogP contribution in [0.4, 0.5) is 11.7 Å². The van der Waals surface area contributed by atoms with Crippen molar-refractivity contribution in [2.24, 2.45) is 0 Å². The lowest BCUT2D eigenvalue weighted by molar-refractivity contribution is -0.385. The van der Waals surface area contributed by atoms with Crippen molar-refractivity contribution in [2.75, 3.05) is 11.6 Å². The molecule has 144 valence electrons. The van der Waals surface area contributed by atoms with Crippen molar-refractivity contribution >= 4 is 27.4 Å². The SMILES string of the molecule is Cc1c(C(=O)Nc2nnc(-c3cccc(S(C)(=O)=O)c3)o2)cccc1[N+](=O)[O-]. The van der Waals surface area contributed by atoms with E-state index in [0.717, 1.165) is 6.26 Å². The number of amides is 1. The number of nitrogens with one attached hydrogen (secondary N) is 1. The van der Waals surface area contributed by atoms with Gasteiger partial charge in [-0.05, 0) is 31.2 Å². The standard InChI is InChI=1S/C17H14N4O6S/c1-10-13(7-4-8-14(10)21(23)24)15(22)18-17-20-19-16(27-17)11-5-3-6-12(9-11)28(2,25)26/h3-9H,1-2H3,(H,18,20,22). The van der Waals surface area contributed by atoms with Crippen LogP contribution in [0.1, 0.15) is 15.9 Å². The molecule has 1 aromatic heterocycles. The van der Waals surface area contributed by atoms with E-state index in [1.807, 2.05) is 0 Å². The Bertz CT molecular complexity index is 1190. The zero-order chi connectivity index (χ0) is 20.5. The summed E-state index contributed by atoms with van der Waals surface area (Å²) < 4.78 is 28.7. The predicted molar refractivity (Wildman–Crippen MR) is 98.6 cm³/mol. The van der Waals surface area contributed by atoms with Gasteiger partial charge >= 0.3 is 6.01 Å². The van der Waals surface area contributed by atoms with Gasteiger partial charge in [0.15, 0.2) is 9.84 Å². The van der Waals surface area contributed by atoms with Gasteiger partial charge in [-0.2, -0.15) is 0 Å². The Morgan fingerprint density at radius 3 is 2.57 bits per heavy atom. The lowest BCUT2D eigenvalue weighted by Gasteiger charge is -2.05. The average molecular weight is 402 g/mol. The van der Waals surface area contributed by atoms with Crippen LogP contribution in [0.3, 0.4) is 0 Å². The van der Waals surface area contributed by atoms with Gasteiger partial charge in [-0.15, -0.1) is 5.10 Å². The van der Waals surface area contributed by atoms with E-state index < -0.39 is 20.7 Å². The highest BCUT2D eigenvalue weighted by Gasteiger charge is 2.20. The summed E-state index contributed by atoms with van der Waals surface area (Å²) >= 11 is 0. The molecule has 0 atom stereocenters. The fourth-order valence-electron chi connectivity index (χ4n) is 2.48. The van der Waals surface area contributed by atoms with E-state index in [-0.39, 0.29) is 33.6 Å². The summed E-state index contributed by atoms with van der Waals surface area (Å²) in [6.45, 7) is 1.46. The first-order valence-electron chi connectivity index (χ1n) is 7.86. The molecule has 0 unspecified atom stereocenters. The number of sulfone groups is 1. The summed E-state index contributed by atoms with van der Waals surface area (Å²) in [5.41, 5.74) is 0.470. The molecule has 1 N–H and O–H groups in total. The topological polar surface area (TPSA) is 145 Å². The van der Waals surface area contributed by atoms with E-state index in [1.165, 1.54) is 43.3 Å². The highest BCUT2D eigenvalue weighted by Crippen LogP contribution is 2.24. The first-order valence-corrected chi connectivity index (χ1v) is 9.75. The van der Waals surface area contributed by atoms with Crippen molar-refractivity contribution < 1.29 is 22.6 Å². The predicted octanol–water partition coefficient (Wildman–Crippen LogP) is 2.61. The number of benzene rings is 2. The number of nitro groups is 1. The van der Waals surface area contributed by atoms with E-state index in [1.54, 1.807) is 6.07 Å². The second kappa shape index (κ2) is 7.19. The van der Waals surface area contributed by atoms with Gasteiger partial charge in [-0.3, -0.25) is 20.2 Å². The van der Waals surface area contributed by atoms with Gasteiger partial charge in [0.2, 0.25) is 5.89 Å². The summed E-state index contributed by atoms with van der Waals surface area (Å²) in [5, 5.41) is 20.9. The van der Waals surface area contributed by atoms with Gasteiger partial charge in [0.05, 0.1) is 9.82 Å². The van der Waals surface area contributed by atoms with Crippen LogP contribution < -0.4 is 5.32 Å². The smallest absolute Gasteiger partial charge is 0.322 e. The first-order chi connectivity index (χ1) is 13.2. The molecule has 28 heavy (non-hydrogen) atoms. The molecule has 11 heteroatoms. The zero-order valence-corrected chi connectivity index (χ0v) is 15.6. The van der Waals surface area contributed by atoms with Crippen molar-refractivity contribution in [3.63, 3.8) is 0 Å². The fraction of sp³-hybridized carbons (Fsp3) is 0.118. The molecule has 0 saturated carbocycles. The van der Waals surface area contributed by atoms with Crippen LogP contribution in [0.5, 0.6) is 0 Å². The number of rotatable bonds is 5. The van der Waals surface area contributed by atoms with Gasteiger partial charge in [0, 0.05) is 29.0 Å². The Kier molecular flexibility index (Phi) is 4.92. The average Bonchev–Trinajstić information content (AvgIpc) is 3.09. The molecule has 0 aliphatic carbocycles. The maximum absolute atomic E-state index is 12.4. The van der Waals surface area contributed by atoms with Crippen molar-refractivity contribution in [3.05, 3.63) is 63.7 Å². The third kappa shape index (κ3) is 3.88. The molecule has 3 rings (SSSR count). The fourth-order valence-corrected chi connectivity index (χ4v) is 3.15. The second-order valence-electron chi connectivity index (χ2n) is 5.87. The third-order valence-corrected chi connectivity index (χ3v) is 5.01. The van der Waals surface area contributed by atoms with Crippen molar-refractivity contribution in [1.29, 1.82) is 0 Å².